The third-order valence-electron chi connectivity index (χ3n) is 3.95. The lowest BCUT2D eigenvalue weighted by atomic mass is 9.93. The van der Waals surface area contributed by atoms with Gasteiger partial charge in [0.25, 0.3) is 0 Å². The molecule has 122 valence electrons. The molecule has 24 heavy (non-hydrogen) atoms. The fourth-order valence-electron chi connectivity index (χ4n) is 2.51. The highest BCUT2D eigenvalue weighted by Crippen LogP contribution is 2.16. The first kappa shape index (κ1) is 17.4. The molecule has 2 rings (SSSR count). The van der Waals surface area contributed by atoms with Crippen LogP contribution in [0.2, 0.25) is 0 Å². The molecule has 0 aliphatic rings. The maximum absolute atomic E-state index is 11.4. The van der Waals surface area contributed by atoms with Gasteiger partial charge in [0.15, 0.2) is 0 Å². The highest BCUT2D eigenvalue weighted by atomic mass is 16.5. The van der Waals surface area contributed by atoms with Crippen molar-refractivity contribution in [3.63, 3.8) is 0 Å². The van der Waals surface area contributed by atoms with Crippen molar-refractivity contribution in [3.05, 3.63) is 70.8 Å². The number of benzene rings is 2. The number of rotatable bonds is 7. The summed E-state index contributed by atoms with van der Waals surface area (Å²) in [4.78, 5) is 22.7. The standard InChI is InChI=1S/C20H19NO3/c1-24-20(23)19-10-8-16(9-11-19)12-18(14-22)7-4-15-2-5-17(13-21)6-3-15/h2-3,5-6,8-11,14,18H,4,7,12H2,1H3. The van der Waals surface area contributed by atoms with Crippen molar-refractivity contribution < 1.29 is 14.3 Å². The Balaban J connectivity index is 1.92. The van der Waals surface area contributed by atoms with Crippen LogP contribution in [-0.4, -0.2) is 19.4 Å². The third kappa shape index (κ3) is 4.79. The lowest BCUT2D eigenvalue weighted by Crippen LogP contribution is -2.08. The number of esters is 1. The zero-order valence-electron chi connectivity index (χ0n) is 13.6. The summed E-state index contributed by atoms with van der Waals surface area (Å²) in [5, 5.41) is 8.79. The second-order valence-corrected chi connectivity index (χ2v) is 5.64. The van der Waals surface area contributed by atoms with Crippen molar-refractivity contribution in [2.75, 3.05) is 7.11 Å². The monoisotopic (exact) mass is 321 g/mol. The Hall–Kier alpha value is -2.93. The molecule has 2 aromatic rings. The van der Waals surface area contributed by atoms with Gasteiger partial charge in [-0.2, -0.15) is 5.26 Å². The van der Waals surface area contributed by atoms with Crippen LogP contribution in [0.1, 0.15) is 33.5 Å². The van der Waals surface area contributed by atoms with E-state index in [9.17, 15) is 9.59 Å². The van der Waals surface area contributed by atoms with Gasteiger partial charge in [-0.25, -0.2) is 4.79 Å². The summed E-state index contributed by atoms with van der Waals surface area (Å²) in [6, 6.07) is 16.6. The maximum Gasteiger partial charge on any atom is 0.337 e. The minimum atomic E-state index is -0.366. The molecule has 0 spiro atoms. The number of nitrogens with zero attached hydrogens (tertiary/aromatic N) is 1. The quantitative estimate of drug-likeness (QED) is 0.579. The van der Waals surface area contributed by atoms with E-state index in [1.54, 1.807) is 24.3 Å². The van der Waals surface area contributed by atoms with Crippen LogP contribution in [0.15, 0.2) is 48.5 Å². The second kappa shape index (κ2) is 8.64. The fourth-order valence-corrected chi connectivity index (χ4v) is 2.51. The minimum Gasteiger partial charge on any atom is -0.465 e. The Labute approximate surface area is 141 Å². The molecule has 0 heterocycles. The molecule has 1 unspecified atom stereocenters. The van der Waals surface area contributed by atoms with E-state index in [4.69, 9.17) is 5.26 Å². The summed E-state index contributed by atoms with van der Waals surface area (Å²) >= 11 is 0. The number of hydrogen-bond acceptors (Lipinski definition) is 4. The van der Waals surface area contributed by atoms with E-state index in [0.717, 1.165) is 30.3 Å². The summed E-state index contributed by atoms with van der Waals surface area (Å²) in [5.41, 5.74) is 3.26. The molecule has 0 saturated heterocycles. The smallest absolute Gasteiger partial charge is 0.337 e. The van der Waals surface area contributed by atoms with Crippen molar-refractivity contribution >= 4 is 12.3 Å². The summed E-state index contributed by atoms with van der Waals surface area (Å²) in [6.45, 7) is 0. The van der Waals surface area contributed by atoms with Gasteiger partial charge in [-0.05, 0) is 54.7 Å². The van der Waals surface area contributed by atoms with E-state index in [-0.39, 0.29) is 11.9 Å². The van der Waals surface area contributed by atoms with Crippen molar-refractivity contribution in [2.45, 2.75) is 19.3 Å². The van der Waals surface area contributed by atoms with Crippen LogP contribution in [0.25, 0.3) is 0 Å². The number of carbonyl (C=O) groups is 2. The van der Waals surface area contributed by atoms with Crippen LogP contribution in [0.4, 0.5) is 0 Å². The number of ether oxygens (including phenoxy) is 1. The molecule has 0 bridgehead atoms. The second-order valence-electron chi connectivity index (χ2n) is 5.64. The summed E-state index contributed by atoms with van der Waals surface area (Å²) in [6.07, 6.45) is 3.16. The topological polar surface area (TPSA) is 67.2 Å². The third-order valence-corrected chi connectivity index (χ3v) is 3.95. The molecule has 4 nitrogen and oxygen atoms in total. The number of methoxy groups -OCH3 is 1. The largest absolute Gasteiger partial charge is 0.465 e. The van der Waals surface area contributed by atoms with Gasteiger partial charge in [-0.1, -0.05) is 24.3 Å². The van der Waals surface area contributed by atoms with Gasteiger partial charge in [0.1, 0.15) is 6.29 Å². The predicted molar refractivity (Wildman–Crippen MR) is 90.5 cm³/mol. The molecular formula is C20H19NO3. The van der Waals surface area contributed by atoms with Gasteiger partial charge in [0, 0.05) is 5.92 Å². The Morgan fingerprint density at radius 2 is 1.75 bits per heavy atom. The fraction of sp³-hybridized carbons (Fsp3) is 0.250. The normalized spacial score (nSPS) is 11.3. The van der Waals surface area contributed by atoms with E-state index >= 15 is 0 Å². The zero-order chi connectivity index (χ0) is 17.4. The average molecular weight is 321 g/mol. The van der Waals surface area contributed by atoms with E-state index in [1.165, 1.54) is 7.11 Å². The molecule has 0 fully saturated rings. The Bertz CT molecular complexity index is 727. The number of carbonyl (C=O) groups excluding carboxylic acids is 2. The molecule has 0 saturated carbocycles. The first-order valence-corrected chi connectivity index (χ1v) is 7.78. The first-order valence-electron chi connectivity index (χ1n) is 7.78. The van der Waals surface area contributed by atoms with Crippen molar-refractivity contribution in [2.24, 2.45) is 5.92 Å². The van der Waals surface area contributed by atoms with E-state index < -0.39 is 0 Å². The molecule has 4 heteroatoms. The molecule has 0 aliphatic carbocycles. The average Bonchev–Trinajstić information content (AvgIpc) is 2.65. The Kier molecular flexibility index (Phi) is 6.27. The minimum absolute atomic E-state index is 0.0791. The highest BCUT2D eigenvalue weighted by Gasteiger charge is 2.10. The van der Waals surface area contributed by atoms with Gasteiger partial charge in [-0.15, -0.1) is 0 Å². The van der Waals surface area contributed by atoms with E-state index in [0.29, 0.717) is 17.5 Å². The molecular weight excluding hydrogens is 302 g/mol. The number of aldehydes is 1. The van der Waals surface area contributed by atoms with Crippen LogP contribution >= 0.6 is 0 Å². The number of hydrogen-bond donors (Lipinski definition) is 0. The van der Waals surface area contributed by atoms with Crippen LogP contribution < -0.4 is 0 Å². The summed E-state index contributed by atoms with van der Waals surface area (Å²) < 4.78 is 4.67. The predicted octanol–water partition coefficient (Wildman–Crippen LogP) is 3.34. The van der Waals surface area contributed by atoms with E-state index in [2.05, 4.69) is 10.8 Å². The van der Waals surface area contributed by atoms with Gasteiger partial charge < -0.3 is 9.53 Å². The highest BCUT2D eigenvalue weighted by molar-refractivity contribution is 5.89. The number of nitriles is 1. The van der Waals surface area contributed by atoms with Crippen molar-refractivity contribution in [3.8, 4) is 6.07 Å². The molecule has 0 aromatic heterocycles. The van der Waals surface area contributed by atoms with E-state index in [1.807, 2.05) is 24.3 Å². The maximum atomic E-state index is 11.4. The van der Waals surface area contributed by atoms with Crippen molar-refractivity contribution in [1.29, 1.82) is 5.26 Å². The summed E-state index contributed by atoms with van der Waals surface area (Å²) in [5.74, 6) is -0.445. The first-order chi connectivity index (χ1) is 11.7. The molecule has 0 amide bonds. The Morgan fingerprint density at radius 1 is 1.12 bits per heavy atom. The molecule has 0 aliphatic heterocycles. The molecule has 1 atom stereocenters. The van der Waals surface area contributed by atoms with Crippen molar-refractivity contribution in [1.82, 2.24) is 0 Å². The van der Waals surface area contributed by atoms with Crippen LogP contribution in [0, 0.1) is 17.2 Å². The van der Waals surface area contributed by atoms with Crippen LogP contribution in [0.5, 0.6) is 0 Å². The van der Waals surface area contributed by atoms with Gasteiger partial charge in [0.05, 0.1) is 24.3 Å². The lowest BCUT2D eigenvalue weighted by Gasteiger charge is -2.11. The molecule has 0 radical (unpaired) electrons. The zero-order valence-corrected chi connectivity index (χ0v) is 13.6. The molecule has 2 aromatic carbocycles. The van der Waals surface area contributed by atoms with Crippen LogP contribution in [0.3, 0.4) is 0 Å². The summed E-state index contributed by atoms with van der Waals surface area (Å²) in [7, 11) is 1.35. The SMILES string of the molecule is COC(=O)c1ccc(CC(C=O)CCc2ccc(C#N)cc2)cc1. The molecule has 0 N–H and O–H groups in total. The lowest BCUT2D eigenvalue weighted by molar-refractivity contribution is -0.111. The van der Waals surface area contributed by atoms with Gasteiger partial charge in [0.2, 0.25) is 0 Å². The Morgan fingerprint density at radius 3 is 2.29 bits per heavy atom. The van der Waals surface area contributed by atoms with Gasteiger partial charge >= 0.3 is 5.97 Å². The number of aryl methyl sites for hydroxylation is 1. The van der Waals surface area contributed by atoms with Crippen LogP contribution in [-0.2, 0) is 22.4 Å². The van der Waals surface area contributed by atoms with Gasteiger partial charge in [-0.3, -0.25) is 0 Å².